The van der Waals surface area contributed by atoms with Gasteiger partial charge in [0.05, 0.1) is 18.0 Å². The summed E-state index contributed by atoms with van der Waals surface area (Å²) in [5.41, 5.74) is 0.551. The Morgan fingerprint density at radius 2 is 1.96 bits per heavy atom. The maximum Gasteiger partial charge on any atom is 0.279 e. The van der Waals surface area contributed by atoms with Crippen LogP contribution in [0, 0.1) is 11.8 Å². The minimum Gasteiger partial charge on any atom is -0.327 e. The summed E-state index contributed by atoms with van der Waals surface area (Å²) in [6, 6.07) is 6.46. The van der Waals surface area contributed by atoms with Crippen molar-refractivity contribution in [3.8, 4) is 0 Å². The Morgan fingerprint density at radius 3 is 2.71 bits per heavy atom. The summed E-state index contributed by atoms with van der Waals surface area (Å²) in [7, 11) is -3.26. The standard InChI is InChI=1S/C18H26N2O3S/c1-24(22,23)17-8-4-7-16(11-17)19-18(21)13-20-10-9-14-5-2-3-6-15(14)12-20/h4,7-8,11,14-15H,2-3,5-6,9-10,12-13H2,1H3,(H,19,21)/p+1/t14-,15+/m0/s1. The van der Waals surface area contributed by atoms with Crippen LogP contribution in [0.3, 0.4) is 0 Å². The zero-order chi connectivity index (χ0) is 17.2. The first-order valence-electron chi connectivity index (χ1n) is 8.85. The molecule has 2 aliphatic rings. The topological polar surface area (TPSA) is 67.7 Å². The van der Waals surface area contributed by atoms with Crippen LogP contribution in [0.1, 0.15) is 32.1 Å². The number of fused-ring (bicyclic) bond motifs is 1. The average Bonchev–Trinajstić information content (AvgIpc) is 2.54. The third kappa shape index (κ3) is 4.36. The molecule has 1 heterocycles. The summed E-state index contributed by atoms with van der Waals surface area (Å²) in [5.74, 6) is 1.62. The fraction of sp³-hybridized carbons (Fsp3) is 0.611. The predicted octanol–water partition coefficient (Wildman–Crippen LogP) is 1.12. The average molecular weight is 351 g/mol. The van der Waals surface area contributed by atoms with Crippen LogP contribution in [-0.2, 0) is 14.6 Å². The third-order valence-electron chi connectivity index (χ3n) is 5.44. The maximum atomic E-state index is 12.3. The van der Waals surface area contributed by atoms with Crippen LogP contribution >= 0.6 is 0 Å². The highest BCUT2D eigenvalue weighted by Crippen LogP contribution is 2.32. The van der Waals surface area contributed by atoms with Gasteiger partial charge < -0.3 is 10.2 Å². The molecule has 2 N–H and O–H groups in total. The number of anilines is 1. The molecule has 1 amide bonds. The molecular formula is C18H27N2O3S+. The minimum absolute atomic E-state index is 0.0371. The lowest BCUT2D eigenvalue weighted by Gasteiger charge is -2.38. The number of sulfone groups is 1. The second kappa shape index (κ2) is 7.23. The van der Waals surface area contributed by atoms with Crippen molar-refractivity contribution >= 4 is 21.4 Å². The predicted molar refractivity (Wildman–Crippen MR) is 93.8 cm³/mol. The van der Waals surface area contributed by atoms with Crippen molar-refractivity contribution in [3.63, 3.8) is 0 Å². The number of amides is 1. The van der Waals surface area contributed by atoms with E-state index in [2.05, 4.69) is 5.32 Å². The Balaban J connectivity index is 1.56. The van der Waals surface area contributed by atoms with Crippen LogP contribution in [-0.4, -0.2) is 40.2 Å². The summed E-state index contributed by atoms with van der Waals surface area (Å²) in [6.45, 7) is 2.63. The zero-order valence-electron chi connectivity index (χ0n) is 14.3. The highest BCUT2D eigenvalue weighted by Gasteiger charge is 2.34. The number of benzene rings is 1. The molecule has 1 aromatic carbocycles. The van der Waals surface area contributed by atoms with Gasteiger partial charge in [-0.2, -0.15) is 0 Å². The highest BCUT2D eigenvalue weighted by molar-refractivity contribution is 7.90. The van der Waals surface area contributed by atoms with Crippen molar-refractivity contribution < 1.29 is 18.1 Å². The molecule has 1 unspecified atom stereocenters. The van der Waals surface area contributed by atoms with Crippen molar-refractivity contribution in [2.75, 3.05) is 31.2 Å². The third-order valence-corrected chi connectivity index (χ3v) is 6.55. The molecule has 0 spiro atoms. The second-order valence-corrected chi connectivity index (χ2v) is 9.34. The van der Waals surface area contributed by atoms with Gasteiger partial charge in [0.15, 0.2) is 16.4 Å². The van der Waals surface area contributed by atoms with E-state index in [4.69, 9.17) is 0 Å². The molecule has 5 nitrogen and oxygen atoms in total. The van der Waals surface area contributed by atoms with Gasteiger partial charge in [-0.3, -0.25) is 4.79 Å². The summed E-state index contributed by atoms with van der Waals surface area (Å²) >= 11 is 0. The van der Waals surface area contributed by atoms with Crippen LogP contribution in [0.15, 0.2) is 29.2 Å². The maximum absolute atomic E-state index is 12.3. The van der Waals surface area contributed by atoms with E-state index in [0.29, 0.717) is 12.2 Å². The summed E-state index contributed by atoms with van der Waals surface area (Å²) in [5, 5.41) is 2.85. The van der Waals surface area contributed by atoms with Gasteiger partial charge >= 0.3 is 0 Å². The number of rotatable bonds is 4. The molecule has 3 rings (SSSR count). The van der Waals surface area contributed by atoms with Crippen LogP contribution in [0.5, 0.6) is 0 Å². The molecule has 1 saturated carbocycles. The van der Waals surface area contributed by atoms with Crippen molar-refractivity contribution in [3.05, 3.63) is 24.3 Å². The number of likely N-dealkylation sites (tertiary alicyclic amines) is 1. The fourth-order valence-electron chi connectivity index (χ4n) is 4.19. The van der Waals surface area contributed by atoms with Gasteiger partial charge in [-0.15, -0.1) is 0 Å². The smallest absolute Gasteiger partial charge is 0.279 e. The Morgan fingerprint density at radius 1 is 1.21 bits per heavy atom. The highest BCUT2D eigenvalue weighted by atomic mass is 32.2. The molecule has 6 heteroatoms. The second-order valence-electron chi connectivity index (χ2n) is 7.32. The molecule has 1 aliphatic carbocycles. The van der Waals surface area contributed by atoms with Gasteiger partial charge in [0.2, 0.25) is 0 Å². The van der Waals surface area contributed by atoms with Gasteiger partial charge in [-0.05, 0) is 43.4 Å². The molecule has 3 atom stereocenters. The van der Waals surface area contributed by atoms with Crippen LogP contribution in [0.25, 0.3) is 0 Å². The van der Waals surface area contributed by atoms with E-state index in [9.17, 15) is 13.2 Å². The molecule has 1 aromatic rings. The zero-order valence-corrected chi connectivity index (χ0v) is 15.1. The van der Waals surface area contributed by atoms with E-state index in [-0.39, 0.29) is 10.8 Å². The lowest BCUT2D eigenvalue weighted by molar-refractivity contribution is -0.902. The van der Waals surface area contributed by atoms with E-state index < -0.39 is 9.84 Å². The van der Waals surface area contributed by atoms with Crippen LogP contribution < -0.4 is 10.2 Å². The summed E-state index contributed by atoms with van der Waals surface area (Å²) in [6.07, 6.45) is 7.78. The minimum atomic E-state index is -3.26. The van der Waals surface area contributed by atoms with Gasteiger partial charge in [0.25, 0.3) is 5.91 Å². The Labute approximate surface area is 144 Å². The summed E-state index contributed by atoms with van der Waals surface area (Å²) < 4.78 is 23.2. The quantitative estimate of drug-likeness (QED) is 0.854. The van der Waals surface area contributed by atoms with Crippen molar-refractivity contribution in [2.45, 2.75) is 37.0 Å². The van der Waals surface area contributed by atoms with Crippen molar-refractivity contribution in [1.82, 2.24) is 0 Å². The Hall–Kier alpha value is -1.40. The normalized spacial score (nSPS) is 27.3. The van der Waals surface area contributed by atoms with Gasteiger partial charge in [0.1, 0.15) is 0 Å². The molecule has 0 bridgehead atoms. The number of quaternary nitrogens is 1. The molecule has 0 radical (unpaired) electrons. The first-order valence-corrected chi connectivity index (χ1v) is 10.7. The number of nitrogens with one attached hydrogen (secondary N) is 2. The lowest BCUT2D eigenvalue weighted by atomic mass is 9.75. The lowest BCUT2D eigenvalue weighted by Crippen LogP contribution is -3.15. The molecule has 24 heavy (non-hydrogen) atoms. The largest absolute Gasteiger partial charge is 0.327 e. The van der Waals surface area contributed by atoms with E-state index in [1.807, 2.05) is 0 Å². The van der Waals surface area contributed by atoms with E-state index in [1.165, 1.54) is 49.3 Å². The Kier molecular flexibility index (Phi) is 5.25. The van der Waals surface area contributed by atoms with E-state index in [1.54, 1.807) is 18.2 Å². The molecule has 0 aromatic heterocycles. The molecule has 132 valence electrons. The van der Waals surface area contributed by atoms with Gasteiger partial charge in [-0.25, -0.2) is 8.42 Å². The van der Waals surface area contributed by atoms with Gasteiger partial charge in [0, 0.05) is 17.9 Å². The number of hydrogen-bond acceptors (Lipinski definition) is 3. The van der Waals surface area contributed by atoms with Crippen LogP contribution in [0.4, 0.5) is 5.69 Å². The first-order chi connectivity index (χ1) is 11.4. The van der Waals surface area contributed by atoms with Crippen LogP contribution in [0.2, 0.25) is 0 Å². The molecule has 1 aliphatic heterocycles. The molecule has 1 saturated heterocycles. The molecular weight excluding hydrogens is 324 g/mol. The summed E-state index contributed by atoms with van der Waals surface area (Å²) in [4.78, 5) is 13.9. The van der Waals surface area contributed by atoms with E-state index in [0.717, 1.165) is 24.9 Å². The van der Waals surface area contributed by atoms with E-state index >= 15 is 0 Å². The number of carbonyl (C=O) groups is 1. The monoisotopic (exact) mass is 351 g/mol. The number of piperidine rings is 1. The van der Waals surface area contributed by atoms with Crippen molar-refractivity contribution in [1.29, 1.82) is 0 Å². The number of carbonyl (C=O) groups excluding carboxylic acids is 1. The fourth-order valence-corrected chi connectivity index (χ4v) is 4.86. The molecule has 2 fully saturated rings. The van der Waals surface area contributed by atoms with Gasteiger partial charge in [-0.1, -0.05) is 18.9 Å². The number of hydrogen-bond donors (Lipinski definition) is 2. The SMILES string of the molecule is CS(=O)(=O)c1cccc(NC(=O)C[NH+]2CC[C@@H]3CCCC[C@@H]3C2)c1. The first kappa shape index (κ1) is 17.4. The Bertz CT molecular complexity index is 702. The van der Waals surface area contributed by atoms with Crippen molar-refractivity contribution in [2.24, 2.45) is 11.8 Å².